The van der Waals surface area contributed by atoms with Crippen molar-refractivity contribution in [1.29, 1.82) is 0 Å². The van der Waals surface area contributed by atoms with Gasteiger partial charge in [0, 0.05) is 77.9 Å². The zero-order valence-electron chi connectivity index (χ0n) is 23.0. The predicted molar refractivity (Wildman–Crippen MR) is 164 cm³/mol. The maximum atomic E-state index is 12.3. The third-order valence-corrected chi connectivity index (χ3v) is 7.19. The van der Waals surface area contributed by atoms with Crippen molar-refractivity contribution in [2.45, 2.75) is 6.18 Å². The fourth-order valence-corrected chi connectivity index (χ4v) is 5.16. The Morgan fingerprint density at radius 1 is 0.568 bits per heavy atom. The van der Waals surface area contributed by atoms with Gasteiger partial charge >= 0.3 is 6.18 Å². The summed E-state index contributed by atoms with van der Waals surface area (Å²) in [5.41, 5.74) is 5.92. The minimum absolute atomic E-state index is 0. The number of benzene rings is 5. The number of Topliss-reactive ketones (excluding diaryl/α,β-unsaturated/α-hetero) is 1. The van der Waals surface area contributed by atoms with Crippen LogP contribution >= 0.6 is 0 Å². The van der Waals surface area contributed by atoms with E-state index in [-0.39, 0.29) is 54.8 Å². The summed E-state index contributed by atoms with van der Waals surface area (Å²) >= 11 is 0. The Morgan fingerprint density at radius 3 is 1.55 bits per heavy atom. The van der Waals surface area contributed by atoms with Crippen molar-refractivity contribution in [1.82, 2.24) is 9.97 Å². The number of aromatic hydroxyl groups is 1. The first kappa shape index (κ1) is 31.4. The molecule has 0 bridgehead atoms. The summed E-state index contributed by atoms with van der Waals surface area (Å²) in [5.74, 6) is -2.67. The van der Waals surface area contributed by atoms with Crippen molar-refractivity contribution >= 4 is 38.4 Å². The second kappa shape index (κ2) is 13.3. The number of carbonyl (C=O) groups is 1. The molecule has 44 heavy (non-hydrogen) atoms. The zero-order valence-corrected chi connectivity index (χ0v) is 25.4. The molecule has 7 rings (SSSR count). The smallest absolute Gasteiger partial charge is 0.455 e. The van der Waals surface area contributed by atoms with Crippen LogP contribution in [0.4, 0.5) is 13.2 Å². The zero-order chi connectivity index (χ0) is 30.0. The number of pyridine rings is 2. The van der Waals surface area contributed by atoms with Crippen molar-refractivity contribution in [3.8, 4) is 28.0 Å². The average Bonchev–Trinajstić information content (AvgIpc) is 3.05. The Hall–Kier alpha value is -3.98. The third-order valence-electron chi connectivity index (χ3n) is 7.19. The van der Waals surface area contributed by atoms with Gasteiger partial charge in [-0.05, 0) is 45.8 Å². The molecule has 0 spiro atoms. The van der Waals surface area contributed by atoms with E-state index < -0.39 is 23.3 Å². The minimum Gasteiger partial charge on any atom is -0.507 e. The second-order valence-electron chi connectivity index (χ2n) is 9.82. The van der Waals surface area contributed by atoms with Gasteiger partial charge in [0.2, 0.25) is 0 Å². The van der Waals surface area contributed by atoms with Crippen LogP contribution in [0.2, 0.25) is 0 Å². The molecule has 0 atom stereocenters. The summed E-state index contributed by atoms with van der Waals surface area (Å²) in [6.07, 6.45) is -1.23. The molecule has 0 aliphatic heterocycles. The van der Waals surface area contributed by atoms with Gasteiger partial charge in [-0.1, -0.05) is 103 Å². The largest absolute Gasteiger partial charge is 0.507 e. The molecule has 1 N–H and O–H groups in total. The van der Waals surface area contributed by atoms with Gasteiger partial charge < -0.3 is 5.11 Å². The van der Waals surface area contributed by atoms with Crippen LogP contribution < -0.4 is 0 Å². The van der Waals surface area contributed by atoms with Crippen molar-refractivity contribution in [3.63, 3.8) is 0 Å². The quantitative estimate of drug-likeness (QED) is 0.146. The number of halogens is 3. The molecule has 0 saturated heterocycles. The second-order valence-corrected chi connectivity index (χ2v) is 9.82. The summed E-state index contributed by atoms with van der Waals surface area (Å²) in [6.45, 7) is 0. The summed E-state index contributed by atoms with van der Waals surface area (Å²) in [4.78, 5) is 20.4. The van der Waals surface area contributed by atoms with Crippen LogP contribution in [0.3, 0.4) is 0 Å². The maximum Gasteiger partial charge on any atom is 0.455 e. The molecule has 217 valence electrons. The van der Waals surface area contributed by atoms with E-state index in [0.29, 0.717) is 5.39 Å². The predicted octanol–water partition coefficient (Wildman–Crippen LogP) is 9.41. The molecule has 7 aromatic rings. The number of hydrogen-bond acceptors (Lipinski definition) is 4. The van der Waals surface area contributed by atoms with E-state index >= 15 is 0 Å². The molecule has 0 saturated carbocycles. The molecule has 0 unspecified atom stereocenters. The van der Waals surface area contributed by atoms with E-state index in [9.17, 15) is 23.1 Å². The van der Waals surface area contributed by atoms with E-state index in [0.717, 1.165) is 27.9 Å². The number of fused-ring (bicyclic) bond motifs is 4. The van der Waals surface area contributed by atoms with Crippen LogP contribution in [0.25, 0.3) is 54.8 Å². The number of alkyl halides is 3. The van der Waals surface area contributed by atoms with Gasteiger partial charge in [-0.3, -0.25) is 14.8 Å². The number of phenols is 1. The van der Waals surface area contributed by atoms with Crippen molar-refractivity contribution in [2.24, 2.45) is 0 Å². The van der Waals surface area contributed by atoms with E-state index in [4.69, 9.17) is 0 Å². The van der Waals surface area contributed by atoms with E-state index in [1.807, 2.05) is 24.5 Å². The van der Waals surface area contributed by atoms with E-state index in [2.05, 4.69) is 82.8 Å². The molecule has 2 aromatic heterocycles. The number of ketones is 1. The summed E-state index contributed by atoms with van der Waals surface area (Å²) in [5, 5.41) is 12.7. The van der Waals surface area contributed by atoms with Crippen molar-refractivity contribution in [2.75, 3.05) is 0 Å². The molecule has 8 heteroatoms. The van der Waals surface area contributed by atoms with Gasteiger partial charge in [0.05, 0.1) is 16.6 Å². The molecule has 2 heterocycles. The van der Waals surface area contributed by atoms with Crippen LogP contribution in [0.1, 0.15) is 10.4 Å². The van der Waals surface area contributed by atoms with Gasteiger partial charge in [-0.2, -0.15) is 13.2 Å². The number of nitrogens with zero attached hydrogens (tertiary/aromatic N) is 2. The number of phenolic OH excluding ortho intramolecular Hbond substituents is 1. The first-order valence-corrected chi connectivity index (χ1v) is 13.4. The van der Waals surface area contributed by atoms with Gasteiger partial charge in [0.25, 0.3) is 5.78 Å². The maximum absolute atomic E-state index is 12.3. The van der Waals surface area contributed by atoms with Crippen LogP contribution in [-0.2, 0) is 0 Å². The van der Waals surface area contributed by atoms with Gasteiger partial charge in [-0.25, -0.2) is 0 Å². The summed E-state index contributed by atoms with van der Waals surface area (Å²) in [7, 11) is 0. The topological polar surface area (TPSA) is 63.1 Å². The Morgan fingerprint density at radius 2 is 1.05 bits per heavy atom. The van der Waals surface area contributed by atoms with Gasteiger partial charge in [-0.15, -0.1) is 0 Å². The normalized spacial score (nSPS) is 11.1. The molecular formula is C36H23EuF3N2O2. The van der Waals surface area contributed by atoms with Crippen LogP contribution in [0.15, 0.2) is 134 Å². The third kappa shape index (κ3) is 6.29. The molecule has 0 fully saturated rings. The summed E-state index contributed by atoms with van der Waals surface area (Å²) in [6, 6.07) is 38.0. The molecule has 0 amide bonds. The minimum atomic E-state index is -4.99. The molecule has 1 radical (unpaired) electrons. The van der Waals surface area contributed by atoms with Crippen LogP contribution in [0, 0.1) is 49.4 Å². The van der Waals surface area contributed by atoms with Crippen LogP contribution in [-0.4, -0.2) is 27.0 Å². The average molecular weight is 725 g/mol. The standard InChI is InChI=1S/C24H16N2.C12H7F3O2.Eu/c1-3-7-17(8-4-1)19-13-15-25-23-21(19)11-12-22-20(14-16-26-24(22)23)18-9-5-2-6-10-18;13-12(14,15)11(17)9-6-5-7-3-1-2-4-8(7)10(9)16;/h1-16H;1-6,16H;. The monoisotopic (exact) mass is 725 g/mol. The fourth-order valence-electron chi connectivity index (χ4n) is 5.16. The molecular weight excluding hydrogens is 701 g/mol. The molecule has 5 aromatic carbocycles. The Bertz CT molecular complexity index is 2000. The van der Waals surface area contributed by atoms with Crippen molar-refractivity contribution < 1.29 is 72.4 Å². The number of carbonyl (C=O) groups excluding carboxylic acids is 1. The molecule has 0 aliphatic rings. The Labute approximate surface area is 291 Å². The Kier molecular flexibility index (Phi) is 9.54. The van der Waals surface area contributed by atoms with Gasteiger partial charge in [0.15, 0.2) is 0 Å². The molecule has 4 nitrogen and oxygen atoms in total. The fraction of sp³-hybridized carbons (Fsp3) is 0.0278. The van der Waals surface area contributed by atoms with E-state index in [1.54, 1.807) is 18.2 Å². The first-order chi connectivity index (χ1) is 20.8. The van der Waals surface area contributed by atoms with Crippen LogP contribution in [0.5, 0.6) is 5.75 Å². The first-order valence-electron chi connectivity index (χ1n) is 13.4. The molecule has 0 aliphatic carbocycles. The number of aromatic nitrogens is 2. The van der Waals surface area contributed by atoms with Gasteiger partial charge in [0.1, 0.15) is 5.75 Å². The number of hydrogen-bond donors (Lipinski definition) is 1. The summed E-state index contributed by atoms with van der Waals surface area (Å²) < 4.78 is 36.8. The number of rotatable bonds is 3. The van der Waals surface area contributed by atoms with E-state index in [1.165, 1.54) is 34.4 Å². The van der Waals surface area contributed by atoms with Crippen molar-refractivity contribution in [3.05, 3.63) is 139 Å². The Balaban J connectivity index is 0.000000187. The SMILES string of the molecule is O=C(c1ccc2ccccc2c1O)C(F)(F)F.[Eu].c1ccc(-c2ccnc3c2ccc2c(-c4ccccc4)ccnc23)cc1.